The molecule has 0 aromatic heterocycles. The summed E-state index contributed by atoms with van der Waals surface area (Å²) in [5.74, 6) is 0.434. The quantitative estimate of drug-likeness (QED) is 0.394. The molecule has 1 fully saturated rings. The summed E-state index contributed by atoms with van der Waals surface area (Å²) >= 11 is 0. The molecule has 5 heteroatoms. The molecule has 3 atom stereocenters. The number of rotatable bonds is 7. The Labute approximate surface area is 205 Å². The lowest BCUT2D eigenvalue weighted by Crippen LogP contribution is -2.30. The van der Waals surface area contributed by atoms with Crippen molar-refractivity contribution in [3.8, 4) is 22.6 Å². The van der Waals surface area contributed by atoms with Gasteiger partial charge in [0.05, 0.1) is 13.0 Å². The number of carboxylic acids is 1. The van der Waals surface area contributed by atoms with Crippen molar-refractivity contribution < 1.29 is 23.8 Å². The van der Waals surface area contributed by atoms with Crippen molar-refractivity contribution in [2.75, 3.05) is 7.11 Å². The monoisotopic (exact) mass is 474 g/mol. The van der Waals surface area contributed by atoms with Crippen LogP contribution in [0.3, 0.4) is 0 Å². The molecular formula is C30H31FO4. The van der Waals surface area contributed by atoms with Crippen LogP contribution in [-0.4, -0.2) is 18.2 Å². The van der Waals surface area contributed by atoms with Crippen LogP contribution in [0.25, 0.3) is 11.1 Å². The van der Waals surface area contributed by atoms with Crippen LogP contribution in [-0.2, 0) is 11.2 Å². The second kappa shape index (κ2) is 9.73. The van der Waals surface area contributed by atoms with Gasteiger partial charge in [0.1, 0.15) is 23.4 Å². The van der Waals surface area contributed by atoms with E-state index in [2.05, 4.69) is 18.2 Å². The summed E-state index contributed by atoms with van der Waals surface area (Å²) in [5.41, 5.74) is 4.56. The van der Waals surface area contributed by atoms with Crippen molar-refractivity contribution in [3.63, 3.8) is 0 Å². The number of aryl methyl sites for hydroxylation is 1. The molecule has 1 aliphatic heterocycles. The van der Waals surface area contributed by atoms with Crippen molar-refractivity contribution in [2.45, 2.75) is 51.0 Å². The first-order chi connectivity index (χ1) is 16.9. The van der Waals surface area contributed by atoms with Crippen LogP contribution in [0.5, 0.6) is 11.5 Å². The van der Waals surface area contributed by atoms with E-state index in [9.17, 15) is 14.3 Å². The van der Waals surface area contributed by atoms with Gasteiger partial charge in [-0.15, -0.1) is 0 Å². The topological polar surface area (TPSA) is 55.8 Å². The smallest absolute Gasteiger partial charge is 0.306 e. The third-order valence-electron chi connectivity index (χ3n) is 7.77. The second-order valence-corrected chi connectivity index (χ2v) is 9.82. The highest BCUT2D eigenvalue weighted by molar-refractivity contribution is 5.71. The van der Waals surface area contributed by atoms with Gasteiger partial charge in [0.15, 0.2) is 0 Å². The predicted octanol–water partition coefficient (Wildman–Crippen LogP) is 7.17. The highest BCUT2D eigenvalue weighted by atomic mass is 19.1. The Hall–Kier alpha value is -3.34. The molecule has 3 aromatic rings. The number of carbonyl (C=O) groups is 1. The fraction of sp³-hybridized carbons (Fsp3) is 0.367. The molecule has 1 aliphatic carbocycles. The minimum atomic E-state index is -0.744. The Morgan fingerprint density at radius 2 is 1.83 bits per heavy atom. The van der Waals surface area contributed by atoms with Gasteiger partial charge in [-0.25, -0.2) is 4.39 Å². The van der Waals surface area contributed by atoms with E-state index in [0.29, 0.717) is 17.2 Å². The Balaban J connectivity index is 1.38. The maximum Gasteiger partial charge on any atom is 0.306 e. The zero-order valence-corrected chi connectivity index (χ0v) is 20.2. The van der Waals surface area contributed by atoms with Gasteiger partial charge in [-0.3, -0.25) is 4.79 Å². The summed E-state index contributed by atoms with van der Waals surface area (Å²) in [4.78, 5) is 11.8. The van der Waals surface area contributed by atoms with Crippen LogP contribution in [0.2, 0.25) is 0 Å². The van der Waals surface area contributed by atoms with Crippen LogP contribution in [0, 0.1) is 17.7 Å². The number of hydrogen-bond acceptors (Lipinski definition) is 3. The molecule has 0 saturated heterocycles. The van der Waals surface area contributed by atoms with Crippen LogP contribution >= 0.6 is 0 Å². The maximum atomic E-state index is 14.4. The molecule has 1 N–H and O–H groups in total. The van der Waals surface area contributed by atoms with Crippen molar-refractivity contribution in [2.24, 2.45) is 11.8 Å². The van der Waals surface area contributed by atoms with Gasteiger partial charge < -0.3 is 14.6 Å². The van der Waals surface area contributed by atoms with Crippen LogP contribution < -0.4 is 9.47 Å². The largest absolute Gasteiger partial charge is 0.497 e. The van der Waals surface area contributed by atoms with Crippen LogP contribution in [0.15, 0.2) is 60.7 Å². The minimum absolute atomic E-state index is 0.00701. The number of hydrogen-bond donors (Lipinski definition) is 1. The summed E-state index contributed by atoms with van der Waals surface area (Å²) in [6.07, 6.45) is 5.01. The molecule has 3 aromatic carbocycles. The molecule has 35 heavy (non-hydrogen) atoms. The summed E-state index contributed by atoms with van der Waals surface area (Å²) in [6, 6.07) is 18.9. The van der Waals surface area contributed by atoms with Gasteiger partial charge in [0, 0.05) is 5.56 Å². The van der Waals surface area contributed by atoms with Crippen LogP contribution in [0.4, 0.5) is 4.39 Å². The number of fused-ring (bicyclic) bond motifs is 1. The van der Waals surface area contributed by atoms with Crippen molar-refractivity contribution in [1.29, 1.82) is 0 Å². The summed E-state index contributed by atoms with van der Waals surface area (Å²) in [5, 5.41) is 9.70. The lowest BCUT2D eigenvalue weighted by Gasteiger charge is -2.37. The fourth-order valence-electron chi connectivity index (χ4n) is 5.48. The number of halogens is 1. The summed E-state index contributed by atoms with van der Waals surface area (Å²) < 4.78 is 26.1. The predicted molar refractivity (Wildman–Crippen MR) is 133 cm³/mol. The Bertz CT molecular complexity index is 1220. The third-order valence-corrected chi connectivity index (χ3v) is 7.77. The average Bonchev–Trinajstić information content (AvgIpc) is 2.85. The van der Waals surface area contributed by atoms with E-state index in [1.165, 1.54) is 12.5 Å². The number of methoxy groups -OCH3 is 1. The number of benzene rings is 3. The first-order valence-corrected chi connectivity index (χ1v) is 12.4. The molecular weight excluding hydrogens is 443 g/mol. The molecule has 0 spiro atoms. The summed E-state index contributed by atoms with van der Waals surface area (Å²) in [6.45, 7) is 1.82. The van der Waals surface area contributed by atoms with E-state index < -0.39 is 11.9 Å². The van der Waals surface area contributed by atoms with Gasteiger partial charge in [0.2, 0.25) is 0 Å². The van der Waals surface area contributed by atoms with E-state index >= 15 is 0 Å². The first kappa shape index (κ1) is 23.4. The van der Waals surface area contributed by atoms with Crippen molar-refractivity contribution >= 4 is 5.97 Å². The van der Waals surface area contributed by atoms with E-state index in [0.717, 1.165) is 53.7 Å². The highest BCUT2D eigenvalue weighted by Crippen LogP contribution is 2.46. The molecule has 182 valence electrons. The Kier molecular flexibility index (Phi) is 6.50. The molecule has 5 rings (SSSR count). The molecule has 1 heterocycles. The number of ether oxygens (including phenoxy) is 2. The highest BCUT2D eigenvalue weighted by Gasteiger charge is 2.36. The van der Waals surface area contributed by atoms with Gasteiger partial charge in [-0.05, 0) is 84.0 Å². The molecule has 3 unspecified atom stereocenters. The van der Waals surface area contributed by atoms with E-state index in [1.54, 1.807) is 19.2 Å². The summed E-state index contributed by atoms with van der Waals surface area (Å²) in [7, 11) is 1.57. The van der Waals surface area contributed by atoms with Crippen molar-refractivity contribution in [3.05, 3.63) is 83.2 Å². The molecule has 1 saturated carbocycles. The lowest BCUT2D eigenvalue weighted by molar-refractivity contribution is -0.142. The molecule has 0 amide bonds. The molecule has 0 bridgehead atoms. The molecule has 0 radical (unpaired) electrons. The normalized spacial score (nSPS) is 19.1. The van der Waals surface area contributed by atoms with E-state index in [-0.39, 0.29) is 17.8 Å². The Morgan fingerprint density at radius 1 is 1.06 bits per heavy atom. The van der Waals surface area contributed by atoms with Gasteiger partial charge in [0.25, 0.3) is 0 Å². The van der Waals surface area contributed by atoms with Crippen LogP contribution in [0.1, 0.15) is 61.3 Å². The second-order valence-electron chi connectivity index (χ2n) is 9.82. The minimum Gasteiger partial charge on any atom is -0.497 e. The maximum absolute atomic E-state index is 14.4. The molecule has 2 aliphatic rings. The Morgan fingerprint density at radius 3 is 2.49 bits per heavy atom. The lowest BCUT2D eigenvalue weighted by atomic mass is 9.68. The van der Waals surface area contributed by atoms with Gasteiger partial charge >= 0.3 is 5.97 Å². The average molecular weight is 475 g/mol. The molecule has 4 nitrogen and oxygen atoms in total. The number of carboxylic acid groups (broad SMARTS) is 1. The zero-order valence-electron chi connectivity index (χ0n) is 20.2. The SMILES string of the molecule is COc1ccc(F)c(-c2ccc(C3CCc4ccc(C(C5CCC5)C(C)C(=O)O)cc4O3)cc2)c1. The number of aliphatic carboxylic acids is 1. The van der Waals surface area contributed by atoms with Gasteiger partial charge in [-0.2, -0.15) is 0 Å². The van der Waals surface area contributed by atoms with Gasteiger partial charge in [-0.1, -0.05) is 49.7 Å². The van der Waals surface area contributed by atoms with E-state index in [1.807, 2.05) is 31.2 Å². The van der Waals surface area contributed by atoms with E-state index in [4.69, 9.17) is 9.47 Å². The van der Waals surface area contributed by atoms with Crippen molar-refractivity contribution in [1.82, 2.24) is 0 Å². The third kappa shape index (κ3) is 4.64. The zero-order chi connectivity index (χ0) is 24.5. The standard InChI is InChI=1S/C30H31FO4/c1-18(30(32)33)29(22-4-3-5-22)23-11-10-21-12-15-27(35-28(21)16-23)20-8-6-19(7-9-20)25-17-24(34-2)13-14-26(25)31/h6-11,13-14,16-18,22,27,29H,3-5,12,15H2,1-2H3,(H,32,33). The first-order valence-electron chi connectivity index (χ1n) is 12.4. The fourth-order valence-corrected chi connectivity index (χ4v) is 5.48.